The lowest BCUT2D eigenvalue weighted by Crippen LogP contribution is -1.95. The van der Waals surface area contributed by atoms with Crippen molar-refractivity contribution < 1.29 is 0 Å². The van der Waals surface area contributed by atoms with E-state index in [9.17, 15) is 0 Å². The molecule has 84 valence electrons. The number of thioether (sulfide) groups is 1. The second-order valence-electron chi connectivity index (χ2n) is 3.54. The summed E-state index contributed by atoms with van der Waals surface area (Å²) < 4.78 is 1.77. The van der Waals surface area contributed by atoms with E-state index >= 15 is 0 Å². The molecule has 0 N–H and O–H groups in total. The highest BCUT2D eigenvalue weighted by Crippen LogP contribution is 2.18. The maximum Gasteiger partial charge on any atom is 0.212 e. The van der Waals surface area contributed by atoms with Gasteiger partial charge in [-0.25, -0.2) is 0 Å². The molecule has 0 aliphatic rings. The Balaban J connectivity index is 2.19. The van der Waals surface area contributed by atoms with E-state index in [0.717, 1.165) is 22.1 Å². The number of hydrogen-bond donors (Lipinski definition) is 0. The van der Waals surface area contributed by atoms with E-state index in [1.54, 1.807) is 4.52 Å². The predicted octanol–water partition coefficient (Wildman–Crippen LogP) is 2.51. The lowest BCUT2D eigenvalue weighted by atomic mass is 10.1. The fourth-order valence-electron chi connectivity index (χ4n) is 1.66. The fraction of sp³-hybridized carbons (Fsp3) is 0.0833. The minimum atomic E-state index is 0.772. The monoisotopic (exact) mass is 242 g/mol. The molecule has 4 nitrogen and oxygen atoms in total. The van der Waals surface area contributed by atoms with Gasteiger partial charge in [0, 0.05) is 5.56 Å². The standard InChI is InChI=1S/C12H10N4S/c1-17-12-14-13-11-8-7-10(15-16(11)12)9-5-3-2-4-6-9/h2-8H,1H3. The van der Waals surface area contributed by atoms with Crippen LogP contribution in [0.2, 0.25) is 0 Å². The van der Waals surface area contributed by atoms with E-state index < -0.39 is 0 Å². The first-order chi connectivity index (χ1) is 8.38. The lowest BCUT2D eigenvalue weighted by Gasteiger charge is -2.01. The van der Waals surface area contributed by atoms with Crippen LogP contribution in [0.5, 0.6) is 0 Å². The maximum atomic E-state index is 4.55. The maximum absolute atomic E-state index is 4.55. The largest absolute Gasteiger partial charge is 0.212 e. The molecule has 0 saturated carbocycles. The van der Waals surface area contributed by atoms with Crippen LogP contribution in [0.1, 0.15) is 0 Å². The summed E-state index contributed by atoms with van der Waals surface area (Å²) in [6.45, 7) is 0. The van der Waals surface area contributed by atoms with Crippen LogP contribution in [0.25, 0.3) is 16.9 Å². The molecule has 0 aliphatic carbocycles. The molecule has 2 aromatic heterocycles. The Labute approximate surface area is 103 Å². The molecule has 0 fully saturated rings. The number of nitrogens with zero attached hydrogens (tertiary/aromatic N) is 4. The summed E-state index contributed by atoms with van der Waals surface area (Å²) in [6.07, 6.45) is 1.97. The quantitative estimate of drug-likeness (QED) is 0.648. The molecule has 0 aliphatic heterocycles. The number of aromatic nitrogens is 4. The van der Waals surface area contributed by atoms with E-state index in [1.165, 1.54) is 11.8 Å². The molecule has 0 saturated heterocycles. The average Bonchev–Trinajstić information content (AvgIpc) is 2.81. The van der Waals surface area contributed by atoms with Crippen LogP contribution in [0.15, 0.2) is 47.6 Å². The Kier molecular flexibility index (Phi) is 2.53. The number of hydrogen-bond acceptors (Lipinski definition) is 4. The molecule has 3 aromatic rings. The lowest BCUT2D eigenvalue weighted by molar-refractivity contribution is 0.814. The van der Waals surface area contributed by atoms with Crippen LogP contribution in [-0.2, 0) is 0 Å². The Morgan fingerprint density at radius 3 is 2.59 bits per heavy atom. The van der Waals surface area contributed by atoms with Crippen molar-refractivity contribution in [2.24, 2.45) is 0 Å². The van der Waals surface area contributed by atoms with Crippen LogP contribution in [0.4, 0.5) is 0 Å². The second kappa shape index (κ2) is 4.18. The summed E-state index contributed by atoms with van der Waals surface area (Å²) in [6, 6.07) is 14.0. The summed E-state index contributed by atoms with van der Waals surface area (Å²) >= 11 is 1.54. The molecule has 3 rings (SSSR count). The zero-order valence-electron chi connectivity index (χ0n) is 9.24. The fourth-order valence-corrected chi connectivity index (χ4v) is 2.09. The summed E-state index contributed by atoms with van der Waals surface area (Å²) in [5.41, 5.74) is 2.79. The highest BCUT2D eigenvalue weighted by atomic mass is 32.2. The zero-order chi connectivity index (χ0) is 11.7. The molecular weight excluding hydrogens is 232 g/mol. The third-order valence-corrected chi connectivity index (χ3v) is 3.11. The Morgan fingerprint density at radius 1 is 1.00 bits per heavy atom. The summed E-state index contributed by atoms with van der Waals surface area (Å²) in [5.74, 6) is 0. The van der Waals surface area contributed by atoms with Crippen LogP contribution in [0, 0.1) is 0 Å². The van der Waals surface area contributed by atoms with Gasteiger partial charge in [-0.3, -0.25) is 0 Å². The number of benzene rings is 1. The first kappa shape index (κ1) is 10.3. The molecule has 1 aromatic carbocycles. The molecular formula is C12H10N4S. The minimum absolute atomic E-state index is 0.772. The van der Waals surface area contributed by atoms with E-state index in [4.69, 9.17) is 0 Å². The van der Waals surface area contributed by atoms with Crippen LogP contribution in [-0.4, -0.2) is 26.1 Å². The molecule has 0 radical (unpaired) electrons. The molecule has 0 bridgehead atoms. The predicted molar refractivity (Wildman–Crippen MR) is 68.0 cm³/mol. The van der Waals surface area contributed by atoms with Gasteiger partial charge in [-0.15, -0.1) is 10.2 Å². The van der Waals surface area contributed by atoms with Crippen LogP contribution >= 0.6 is 11.8 Å². The number of fused-ring (bicyclic) bond motifs is 1. The van der Waals surface area contributed by atoms with Gasteiger partial charge in [-0.2, -0.15) is 9.61 Å². The Bertz CT molecular complexity index is 648. The molecule has 17 heavy (non-hydrogen) atoms. The first-order valence-electron chi connectivity index (χ1n) is 5.20. The van der Waals surface area contributed by atoms with Gasteiger partial charge in [0.15, 0.2) is 5.65 Å². The van der Waals surface area contributed by atoms with Gasteiger partial charge in [0.05, 0.1) is 5.69 Å². The summed E-state index contributed by atoms with van der Waals surface area (Å²) in [7, 11) is 0. The zero-order valence-corrected chi connectivity index (χ0v) is 10.1. The van der Waals surface area contributed by atoms with Gasteiger partial charge < -0.3 is 0 Å². The molecule has 0 spiro atoms. The van der Waals surface area contributed by atoms with Crippen LogP contribution in [0.3, 0.4) is 0 Å². The van der Waals surface area contributed by atoms with Crippen molar-refractivity contribution >= 4 is 17.4 Å². The third-order valence-electron chi connectivity index (χ3n) is 2.49. The average molecular weight is 242 g/mol. The van der Waals surface area contributed by atoms with Gasteiger partial charge in [0.1, 0.15) is 0 Å². The molecule has 0 amide bonds. The highest BCUT2D eigenvalue weighted by molar-refractivity contribution is 7.98. The van der Waals surface area contributed by atoms with Crippen molar-refractivity contribution in [1.29, 1.82) is 0 Å². The van der Waals surface area contributed by atoms with Gasteiger partial charge in [0.2, 0.25) is 5.16 Å². The van der Waals surface area contributed by atoms with E-state index in [2.05, 4.69) is 15.3 Å². The highest BCUT2D eigenvalue weighted by Gasteiger charge is 2.06. The third kappa shape index (κ3) is 1.78. The van der Waals surface area contributed by atoms with Gasteiger partial charge in [-0.05, 0) is 18.4 Å². The molecule has 0 atom stereocenters. The molecule has 0 unspecified atom stereocenters. The Morgan fingerprint density at radius 2 is 1.82 bits per heavy atom. The van der Waals surface area contributed by atoms with E-state index in [1.807, 2.05) is 48.7 Å². The van der Waals surface area contributed by atoms with Crippen molar-refractivity contribution in [1.82, 2.24) is 19.8 Å². The van der Waals surface area contributed by atoms with Crippen molar-refractivity contribution in [3.63, 3.8) is 0 Å². The van der Waals surface area contributed by atoms with Gasteiger partial charge >= 0.3 is 0 Å². The van der Waals surface area contributed by atoms with Crippen molar-refractivity contribution in [2.45, 2.75) is 5.16 Å². The van der Waals surface area contributed by atoms with Crippen molar-refractivity contribution in [3.05, 3.63) is 42.5 Å². The minimum Gasteiger partial charge on any atom is -0.187 e. The first-order valence-corrected chi connectivity index (χ1v) is 6.43. The van der Waals surface area contributed by atoms with Crippen molar-refractivity contribution in [2.75, 3.05) is 6.26 Å². The molecule has 2 heterocycles. The smallest absolute Gasteiger partial charge is 0.187 e. The van der Waals surface area contributed by atoms with E-state index in [0.29, 0.717) is 0 Å². The Hall–Kier alpha value is -1.88. The van der Waals surface area contributed by atoms with Gasteiger partial charge in [0.25, 0.3) is 0 Å². The topological polar surface area (TPSA) is 43.1 Å². The summed E-state index contributed by atoms with van der Waals surface area (Å²) in [5, 5.41) is 13.5. The SMILES string of the molecule is CSc1nnc2ccc(-c3ccccc3)nn12. The molecule has 5 heteroatoms. The van der Waals surface area contributed by atoms with E-state index in [-0.39, 0.29) is 0 Å². The summed E-state index contributed by atoms with van der Waals surface area (Å²) in [4.78, 5) is 0. The number of rotatable bonds is 2. The second-order valence-corrected chi connectivity index (χ2v) is 4.31. The van der Waals surface area contributed by atoms with Crippen molar-refractivity contribution in [3.8, 4) is 11.3 Å². The normalized spacial score (nSPS) is 10.9. The van der Waals surface area contributed by atoms with Crippen LogP contribution < -0.4 is 0 Å². The van der Waals surface area contributed by atoms with Gasteiger partial charge in [-0.1, -0.05) is 42.1 Å².